The smallest absolute Gasteiger partial charge is 0.286 e. The van der Waals surface area contributed by atoms with Crippen molar-refractivity contribution < 1.29 is 9.90 Å². The average molecular weight is 352 g/mol. The highest BCUT2D eigenvalue weighted by molar-refractivity contribution is 8.18. The molecule has 0 atom stereocenters. The quantitative estimate of drug-likeness (QED) is 0.843. The number of hydrogen-bond donors (Lipinski definition) is 1. The van der Waals surface area contributed by atoms with Crippen LogP contribution in [-0.2, 0) is 4.79 Å². The van der Waals surface area contributed by atoms with E-state index in [0.717, 1.165) is 36.9 Å². The lowest BCUT2D eigenvalue weighted by Crippen LogP contribution is -2.48. The van der Waals surface area contributed by atoms with Crippen molar-refractivity contribution in [3.8, 4) is 0 Å². The van der Waals surface area contributed by atoms with E-state index in [9.17, 15) is 4.79 Å². The Morgan fingerprint density at radius 2 is 2.00 bits per heavy atom. The van der Waals surface area contributed by atoms with E-state index >= 15 is 0 Å². The Morgan fingerprint density at radius 3 is 2.70 bits per heavy atom. The van der Waals surface area contributed by atoms with E-state index in [1.165, 1.54) is 11.8 Å². The summed E-state index contributed by atoms with van der Waals surface area (Å²) in [5.41, 5.74) is 0.828. The maximum absolute atomic E-state index is 12.1. The normalized spacial score (nSPS) is 21.1. The molecule has 0 spiro atoms. The molecule has 5 nitrogen and oxygen atoms in total. The molecule has 7 heteroatoms. The number of hydrogen-bond acceptors (Lipinski definition) is 5. The van der Waals surface area contributed by atoms with E-state index in [1.54, 1.807) is 12.1 Å². The largest absolute Gasteiger partial charge is 0.395 e. The molecule has 0 unspecified atom stereocenters. The van der Waals surface area contributed by atoms with E-state index in [1.807, 2.05) is 18.2 Å². The number of halogens is 1. The summed E-state index contributed by atoms with van der Waals surface area (Å²) in [7, 11) is 0. The van der Waals surface area contributed by atoms with Gasteiger partial charge in [0.2, 0.25) is 0 Å². The Kier molecular flexibility index (Phi) is 5.38. The van der Waals surface area contributed by atoms with E-state index in [0.29, 0.717) is 16.5 Å². The number of rotatable bonds is 3. The number of aliphatic imine (C=N–C) groups is 1. The Bertz CT molecular complexity index is 654. The Labute approximate surface area is 144 Å². The van der Waals surface area contributed by atoms with Crippen LogP contribution in [0.4, 0.5) is 0 Å². The number of benzene rings is 1. The van der Waals surface area contributed by atoms with Gasteiger partial charge in [-0.15, -0.1) is 0 Å². The van der Waals surface area contributed by atoms with Gasteiger partial charge in [-0.25, -0.2) is 0 Å². The second-order valence-electron chi connectivity index (χ2n) is 5.38. The number of aliphatic hydroxyl groups is 1. The molecule has 1 N–H and O–H groups in total. The zero-order valence-corrected chi connectivity index (χ0v) is 14.2. The fourth-order valence-corrected chi connectivity index (χ4v) is 3.72. The van der Waals surface area contributed by atoms with Crippen molar-refractivity contribution in [2.75, 3.05) is 39.3 Å². The third kappa shape index (κ3) is 3.95. The lowest BCUT2D eigenvalue weighted by molar-refractivity contribution is -0.113. The maximum atomic E-state index is 12.1. The summed E-state index contributed by atoms with van der Waals surface area (Å²) in [5.74, 6) is -0.206. The maximum Gasteiger partial charge on any atom is 0.286 e. The lowest BCUT2D eigenvalue weighted by atomic mass is 10.2. The molecule has 2 aliphatic heterocycles. The summed E-state index contributed by atoms with van der Waals surface area (Å²) >= 11 is 7.55. The van der Waals surface area contributed by atoms with Gasteiger partial charge in [-0.3, -0.25) is 9.69 Å². The molecule has 0 saturated carbocycles. The standard InChI is InChI=1S/C16H18ClN3O2S/c17-13-4-2-1-3-12(13)11-14-15(22)18-16(23-14)20-7-5-19(6-8-20)9-10-21/h1-4,11,21H,5-10H2/b14-11+. The van der Waals surface area contributed by atoms with Crippen molar-refractivity contribution in [1.29, 1.82) is 0 Å². The first kappa shape index (κ1) is 16.5. The Morgan fingerprint density at radius 1 is 1.26 bits per heavy atom. The molecule has 1 aromatic rings. The molecule has 0 bridgehead atoms. The summed E-state index contributed by atoms with van der Waals surface area (Å²) in [6.07, 6.45) is 1.80. The predicted molar refractivity (Wildman–Crippen MR) is 94.6 cm³/mol. The van der Waals surface area contributed by atoms with Crippen molar-refractivity contribution in [3.63, 3.8) is 0 Å². The van der Waals surface area contributed by atoms with Crippen LogP contribution in [0.1, 0.15) is 5.56 Å². The summed E-state index contributed by atoms with van der Waals surface area (Å²) in [4.78, 5) is 21.2. The number of carbonyl (C=O) groups excluding carboxylic acids is 1. The van der Waals surface area contributed by atoms with Crippen molar-refractivity contribution in [2.45, 2.75) is 0 Å². The number of aliphatic hydroxyl groups excluding tert-OH is 1. The fraction of sp³-hybridized carbons (Fsp3) is 0.375. The monoisotopic (exact) mass is 351 g/mol. The van der Waals surface area contributed by atoms with E-state index in [-0.39, 0.29) is 12.5 Å². The summed E-state index contributed by atoms with van der Waals surface area (Å²) < 4.78 is 0. The van der Waals surface area contributed by atoms with Gasteiger partial charge < -0.3 is 10.0 Å². The first-order chi connectivity index (χ1) is 11.2. The van der Waals surface area contributed by atoms with Crippen molar-refractivity contribution in [1.82, 2.24) is 9.80 Å². The number of amidine groups is 1. The topological polar surface area (TPSA) is 56.1 Å². The van der Waals surface area contributed by atoms with Gasteiger partial charge in [-0.2, -0.15) is 4.99 Å². The summed E-state index contributed by atoms with van der Waals surface area (Å²) in [6, 6.07) is 7.45. The number of amides is 1. The zero-order chi connectivity index (χ0) is 16.2. The van der Waals surface area contributed by atoms with Crippen LogP contribution in [0.15, 0.2) is 34.2 Å². The van der Waals surface area contributed by atoms with E-state index in [2.05, 4.69) is 14.8 Å². The lowest BCUT2D eigenvalue weighted by Gasteiger charge is -2.34. The van der Waals surface area contributed by atoms with Gasteiger partial charge in [-0.1, -0.05) is 29.8 Å². The Balaban J connectivity index is 1.66. The van der Waals surface area contributed by atoms with Crippen LogP contribution >= 0.6 is 23.4 Å². The molecule has 1 aromatic carbocycles. The highest BCUT2D eigenvalue weighted by Gasteiger charge is 2.28. The highest BCUT2D eigenvalue weighted by atomic mass is 35.5. The van der Waals surface area contributed by atoms with Gasteiger partial charge in [0, 0.05) is 37.7 Å². The number of piperazine rings is 1. The highest BCUT2D eigenvalue weighted by Crippen LogP contribution is 2.31. The van der Waals surface area contributed by atoms with Crippen LogP contribution < -0.4 is 0 Å². The third-order valence-corrected chi connectivity index (χ3v) is 5.25. The SMILES string of the molecule is O=C1N=C(N2CCN(CCO)CC2)S/C1=C/c1ccccc1Cl. The van der Waals surface area contributed by atoms with Crippen LogP contribution in [0, 0.1) is 0 Å². The molecule has 1 saturated heterocycles. The predicted octanol–water partition coefficient (Wildman–Crippen LogP) is 1.92. The van der Waals surface area contributed by atoms with Crippen LogP contribution in [0.5, 0.6) is 0 Å². The van der Waals surface area contributed by atoms with Gasteiger partial charge in [-0.05, 0) is 29.5 Å². The van der Waals surface area contributed by atoms with Gasteiger partial charge >= 0.3 is 0 Å². The molecule has 23 heavy (non-hydrogen) atoms. The number of nitrogens with zero attached hydrogens (tertiary/aromatic N) is 3. The summed E-state index contributed by atoms with van der Waals surface area (Å²) in [5, 5.41) is 10.4. The van der Waals surface area contributed by atoms with Crippen molar-refractivity contribution in [2.24, 2.45) is 4.99 Å². The summed E-state index contributed by atoms with van der Waals surface area (Å²) in [6.45, 7) is 4.26. The first-order valence-corrected chi connectivity index (χ1v) is 8.72. The second-order valence-corrected chi connectivity index (χ2v) is 6.80. The number of β-amino-alcohol motifs (C(OH)–C–C–N with tert-alkyl or cyclic N) is 1. The molecule has 1 fully saturated rings. The molecular formula is C16H18ClN3O2S. The number of thioether (sulfide) groups is 1. The minimum atomic E-state index is -0.206. The molecule has 2 aliphatic rings. The average Bonchev–Trinajstić information content (AvgIpc) is 2.92. The van der Waals surface area contributed by atoms with Crippen LogP contribution in [-0.4, -0.2) is 65.3 Å². The molecule has 3 rings (SSSR count). The molecule has 122 valence electrons. The minimum absolute atomic E-state index is 0.179. The Hall–Kier alpha value is -1.34. The van der Waals surface area contributed by atoms with Crippen molar-refractivity contribution >= 4 is 40.5 Å². The third-order valence-electron chi connectivity index (χ3n) is 3.86. The van der Waals surface area contributed by atoms with E-state index < -0.39 is 0 Å². The van der Waals surface area contributed by atoms with Gasteiger partial charge in [0.15, 0.2) is 5.17 Å². The van der Waals surface area contributed by atoms with Gasteiger partial charge in [0.25, 0.3) is 5.91 Å². The van der Waals surface area contributed by atoms with Crippen LogP contribution in [0.3, 0.4) is 0 Å². The van der Waals surface area contributed by atoms with Crippen LogP contribution in [0.25, 0.3) is 6.08 Å². The fourth-order valence-electron chi connectivity index (χ4n) is 2.57. The molecule has 0 aromatic heterocycles. The van der Waals surface area contributed by atoms with Gasteiger partial charge in [0.05, 0.1) is 11.5 Å². The minimum Gasteiger partial charge on any atom is -0.395 e. The first-order valence-electron chi connectivity index (χ1n) is 7.52. The van der Waals surface area contributed by atoms with Crippen LogP contribution in [0.2, 0.25) is 5.02 Å². The van der Waals surface area contributed by atoms with Gasteiger partial charge in [0.1, 0.15) is 0 Å². The second kappa shape index (κ2) is 7.49. The number of carbonyl (C=O) groups is 1. The zero-order valence-electron chi connectivity index (χ0n) is 12.6. The molecular weight excluding hydrogens is 334 g/mol. The van der Waals surface area contributed by atoms with E-state index in [4.69, 9.17) is 16.7 Å². The molecule has 1 amide bonds. The molecule has 0 aliphatic carbocycles. The van der Waals surface area contributed by atoms with Crippen molar-refractivity contribution in [3.05, 3.63) is 39.8 Å². The molecule has 0 radical (unpaired) electrons. The molecule has 2 heterocycles.